The third-order valence-corrected chi connectivity index (χ3v) is 0.809. The maximum atomic E-state index is 8.26. The molecule has 1 N–H and O–H groups in total. The Kier molecular flexibility index (Phi) is 1.59. The fourth-order valence-electron chi connectivity index (χ4n) is 0.426. The molecule has 0 atom stereocenters. The number of hydrogen-bond donors (Lipinski definition) is 1. The molecule has 0 unspecified atom stereocenters. The minimum Gasteiger partial charge on any atom is -0.378 e. The first-order valence-corrected chi connectivity index (χ1v) is 2.23. The summed E-state index contributed by atoms with van der Waals surface area (Å²) in [6.07, 6.45) is 3.19. The molecule has 1 heterocycles. The van der Waals surface area contributed by atoms with Gasteiger partial charge in [0.15, 0.2) is 6.61 Å². The summed E-state index contributed by atoms with van der Waals surface area (Å²) < 4.78 is 0. The number of aliphatic hydroxyl groups excluding tert-OH is 1. The first-order valence-electron chi connectivity index (χ1n) is 2.23. The van der Waals surface area contributed by atoms with Crippen LogP contribution in [-0.4, -0.2) is 10.1 Å². The SMILES string of the molecule is O[C]c1ccncc1. The van der Waals surface area contributed by atoms with Crippen LogP contribution in [0, 0.1) is 6.61 Å². The maximum Gasteiger partial charge on any atom is 0.162 e. The van der Waals surface area contributed by atoms with E-state index in [1.165, 1.54) is 0 Å². The topological polar surface area (TPSA) is 33.1 Å². The second-order valence-corrected chi connectivity index (χ2v) is 1.35. The van der Waals surface area contributed by atoms with Gasteiger partial charge in [-0.3, -0.25) is 4.98 Å². The van der Waals surface area contributed by atoms with E-state index in [2.05, 4.69) is 4.98 Å². The van der Waals surface area contributed by atoms with Crippen molar-refractivity contribution in [3.05, 3.63) is 36.7 Å². The highest BCUT2D eigenvalue weighted by Gasteiger charge is 1.84. The maximum absolute atomic E-state index is 8.26. The van der Waals surface area contributed by atoms with Crippen LogP contribution >= 0.6 is 0 Å². The molecule has 0 aliphatic heterocycles. The summed E-state index contributed by atoms with van der Waals surface area (Å²) in [7, 11) is 0. The molecule has 0 aliphatic rings. The minimum atomic E-state index is 0.653. The Morgan fingerprint density at radius 2 is 2.00 bits per heavy atom. The molecule has 1 rings (SSSR count). The van der Waals surface area contributed by atoms with Crippen molar-refractivity contribution in [1.29, 1.82) is 0 Å². The van der Waals surface area contributed by atoms with E-state index in [1.54, 1.807) is 24.5 Å². The lowest BCUT2D eigenvalue weighted by atomic mass is 10.3. The fourth-order valence-corrected chi connectivity index (χ4v) is 0.426. The molecule has 0 saturated heterocycles. The van der Waals surface area contributed by atoms with E-state index < -0.39 is 0 Å². The van der Waals surface area contributed by atoms with Gasteiger partial charge < -0.3 is 5.11 Å². The van der Waals surface area contributed by atoms with Gasteiger partial charge in [-0.25, -0.2) is 0 Å². The number of rotatable bonds is 1. The van der Waals surface area contributed by atoms with Crippen LogP contribution in [0.2, 0.25) is 0 Å². The predicted octanol–water partition coefficient (Wildman–Crippen LogP) is 0.841. The lowest BCUT2D eigenvalue weighted by Crippen LogP contribution is -1.77. The van der Waals surface area contributed by atoms with Crippen molar-refractivity contribution in [1.82, 2.24) is 4.98 Å². The summed E-state index contributed by atoms with van der Waals surface area (Å²) in [6.45, 7) is 1.99. The number of aromatic nitrogens is 1. The summed E-state index contributed by atoms with van der Waals surface area (Å²) in [6, 6.07) is 3.33. The van der Waals surface area contributed by atoms with Crippen LogP contribution in [0.4, 0.5) is 0 Å². The number of nitrogens with zero attached hydrogens (tertiary/aromatic N) is 1. The van der Waals surface area contributed by atoms with E-state index in [9.17, 15) is 0 Å². The molecule has 0 spiro atoms. The Morgan fingerprint density at radius 3 is 2.38 bits per heavy atom. The average molecular weight is 107 g/mol. The van der Waals surface area contributed by atoms with Crippen LogP contribution in [0.5, 0.6) is 0 Å². The summed E-state index contributed by atoms with van der Waals surface area (Å²) in [5, 5.41) is 8.26. The molecule has 0 fully saturated rings. The predicted molar refractivity (Wildman–Crippen MR) is 28.5 cm³/mol. The number of aliphatic hydroxyl groups is 1. The number of pyridine rings is 1. The van der Waals surface area contributed by atoms with Crippen molar-refractivity contribution < 1.29 is 5.11 Å². The fraction of sp³-hybridized carbons (Fsp3) is 0. The summed E-state index contributed by atoms with van der Waals surface area (Å²) in [5.41, 5.74) is 0.653. The quantitative estimate of drug-likeness (QED) is 0.576. The van der Waals surface area contributed by atoms with Gasteiger partial charge in [0.2, 0.25) is 0 Å². The molecule has 0 aromatic carbocycles. The molecule has 0 amide bonds. The zero-order valence-corrected chi connectivity index (χ0v) is 4.20. The highest BCUT2D eigenvalue weighted by Crippen LogP contribution is 1.94. The first-order chi connectivity index (χ1) is 3.93. The van der Waals surface area contributed by atoms with Crippen molar-refractivity contribution in [2.75, 3.05) is 0 Å². The van der Waals surface area contributed by atoms with Crippen molar-refractivity contribution in [3.8, 4) is 0 Å². The number of hydrogen-bond acceptors (Lipinski definition) is 2. The zero-order chi connectivity index (χ0) is 5.82. The first kappa shape index (κ1) is 5.25. The molecule has 2 heteroatoms. The largest absolute Gasteiger partial charge is 0.378 e. The van der Waals surface area contributed by atoms with Crippen LogP contribution < -0.4 is 0 Å². The van der Waals surface area contributed by atoms with Crippen molar-refractivity contribution in [2.24, 2.45) is 0 Å². The molecule has 8 heavy (non-hydrogen) atoms. The lowest BCUT2D eigenvalue weighted by molar-refractivity contribution is 0.415. The molecule has 0 aliphatic carbocycles. The van der Waals surface area contributed by atoms with Gasteiger partial charge in [-0.1, -0.05) is 0 Å². The van der Waals surface area contributed by atoms with Crippen molar-refractivity contribution in [2.45, 2.75) is 0 Å². The third kappa shape index (κ3) is 1.04. The molecule has 0 bridgehead atoms. The van der Waals surface area contributed by atoms with Gasteiger partial charge in [-0.2, -0.15) is 0 Å². The van der Waals surface area contributed by atoms with Gasteiger partial charge in [-0.15, -0.1) is 0 Å². The van der Waals surface area contributed by atoms with E-state index >= 15 is 0 Å². The van der Waals surface area contributed by atoms with Crippen LogP contribution in [0.3, 0.4) is 0 Å². The normalized spacial score (nSPS) is 9.12. The third-order valence-electron chi connectivity index (χ3n) is 0.809. The molecular formula is C6H5NO. The van der Waals surface area contributed by atoms with Gasteiger partial charge in [0, 0.05) is 12.4 Å². The molecule has 1 aromatic heterocycles. The molecule has 1 aromatic rings. The van der Waals surface area contributed by atoms with Crippen LogP contribution in [0.1, 0.15) is 5.56 Å². The van der Waals surface area contributed by atoms with Crippen molar-refractivity contribution in [3.63, 3.8) is 0 Å². The Labute approximate surface area is 47.8 Å². The highest BCUT2D eigenvalue weighted by molar-refractivity contribution is 5.14. The van der Waals surface area contributed by atoms with E-state index in [1.807, 2.05) is 6.61 Å². The average Bonchev–Trinajstić information content (AvgIpc) is 1.90. The Morgan fingerprint density at radius 1 is 1.38 bits per heavy atom. The smallest absolute Gasteiger partial charge is 0.162 e. The van der Waals surface area contributed by atoms with Crippen LogP contribution in [0.25, 0.3) is 0 Å². The minimum absolute atomic E-state index is 0.653. The second-order valence-electron chi connectivity index (χ2n) is 1.35. The van der Waals surface area contributed by atoms with E-state index in [-0.39, 0.29) is 0 Å². The standard InChI is InChI=1S/C6H5NO/c8-5-6-1-3-7-4-2-6/h1-4,8H. The molecular weight excluding hydrogens is 102 g/mol. The molecule has 40 valence electrons. The van der Waals surface area contributed by atoms with Gasteiger partial charge in [0.05, 0.1) is 0 Å². The van der Waals surface area contributed by atoms with Gasteiger partial charge >= 0.3 is 0 Å². The monoisotopic (exact) mass is 107 g/mol. The Hall–Kier alpha value is -0.890. The second kappa shape index (κ2) is 2.43. The molecule has 2 radical (unpaired) electrons. The highest BCUT2D eigenvalue weighted by atomic mass is 16.3. The van der Waals surface area contributed by atoms with Gasteiger partial charge in [0.25, 0.3) is 0 Å². The van der Waals surface area contributed by atoms with E-state index in [0.29, 0.717) is 5.56 Å². The van der Waals surface area contributed by atoms with Crippen LogP contribution in [0.15, 0.2) is 24.5 Å². The molecule has 2 nitrogen and oxygen atoms in total. The van der Waals surface area contributed by atoms with Crippen molar-refractivity contribution >= 4 is 0 Å². The van der Waals surface area contributed by atoms with E-state index in [4.69, 9.17) is 5.11 Å². The summed E-state index contributed by atoms with van der Waals surface area (Å²) >= 11 is 0. The van der Waals surface area contributed by atoms with E-state index in [0.717, 1.165) is 0 Å². The molecule has 0 saturated carbocycles. The lowest BCUT2D eigenvalue weighted by Gasteiger charge is -1.86. The summed E-state index contributed by atoms with van der Waals surface area (Å²) in [5.74, 6) is 0. The van der Waals surface area contributed by atoms with Gasteiger partial charge in [-0.05, 0) is 17.7 Å². The Bertz CT molecular complexity index is 150. The van der Waals surface area contributed by atoms with Gasteiger partial charge in [0.1, 0.15) is 0 Å². The Balaban J connectivity index is 2.83. The summed E-state index contributed by atoms with van der Waals surface area (Å²) in [4.78, 5) is 3.74. The van der Waals surface area contributed by atoms with Crippen LogP contribution in [-0.2, 0) is 0 Å². The zero-order valence-electron chi connectivity index (χ0n) is 4.20.